The second-order valence-corrected chi connectivity index (χ2v) is 17.8. The Morgan fingerprint density at radius 1 is 0.304 bits per heavy atom. The lowest BCUT2D eigenvalue weighted by atomic mass is 9.90. The summed E-state index contributed by atoms with van der Waals surface area (Å²) in [6.07, 6.45) is 0. The number of benzene rings is 7. The first-order valence-corrected chi connectivity index (χ1v) is 20.7. The third-order valence-electron chi connectivity index (χ3n) is 13.0. The molecule has 11 rings (SSSR count). The van der Waals surface area contributed by atoms with Crippen molar-refractivity contribution in [2.45, 2.75) is 79.1 Å². The second-order valence-electron chi connectivity index (χ2n) is 17.8. The molecular formula is C54H48N2. The summed E-state index contributed by atoms with van der Waals surface area (Å²) in [7, 11) is 0. The Morgan fingerprint density at radius 2 is 0.625 bits per heavy atom. The summed E-state index contributed by atoms with van der Waals surface area (Å²) in [5, 5.41) is 10.8. The van der Waals surface area contributed by atoms with Crippen molar-refractivity contribution in [3.05, 3.63) is 144 Å². The van der Waals surface area contributed by atoms with Crippen LogP contribution in [0.5, 0.6) is 0 Å². The monoisotopic (exact) mass is 724 g/mol. The molecule has 0 aliphatic rings. The Kier molecular flexibility index (Phi) is 7.07. The van der Waals surface area contributed by atoms with Crippen molar-refractivity contribution in [3.63, 3.8) is 0 Å². The highest BCUT2D eigenvalue weighted by atomic mass is 14.9. The molecule has 0 atom stereocenters. The number of hydrogen-bond donors (Lipinski definition) is 0. The molecule has 0 aliphatic carbocycles. The largest absolute Gasteiger partial charge is 0.308 e. The van der Waals surface area contributed by atoms with Crippen LogP contribution in [0.3, 0.4) is 0 Å². The fourth-order valence-electron chi connectivity index (χ4n) is 9.96. The van der Waals surface area contributed by atoms with Crippen molar-refractivity contribution in [2.75, 3.05) is 0 Å². The lowest BCUT2D eigenvalue weighted by Gasteiger charge is -2.15. The summed E-state index contributed by atoms with van der Waals surface area (Å²) in [6, 6.07) is 47.2. The van der Waals surface area contributed by atoms with Crippen LogP contribution in [0.25, 0.3) is 98.4 Å². The molecule has 0 unspecified atom stereocenters. The predicted octanol–water partition coefficient (Wildman–Crippen LogP) is 15.8. The molecule has 0 amide bonds. The fraction of sp³-hybridized carbons (Fsp3) is 0.222. The van der Waals surface area contributed by atoms with Crippen LogP contribution < -0.4 is 0 Å². The van der Waals surface area contributed by atoms with Gasteiger partial charge in [0.25, 0.3) is 0 Å². The standard InChI is InChI=1S/C54H48N2/c1-29(2)35-21-36(30(3)4)24-39(23-35)33-17-19-47-43(27-33)51-49-41-13-9-12-16-46(41)56-48-20-18-34(40-25-37(31(5)6)22-38(26-40)32(7)8)28-44(48)52(54(49)56)50-42-14-10-11-15-45(42)55(47)53(50)51/h9-32H,1-8H3. The summed E-state index contributed by atoms with van der Waals surface area (Å²) in [4.78, 5) is 0. The minimum atomic E-state index is 0.465. The molecule has 0 N–H and O–H groups in total. The van der Waals surface area contributed by atoms with Gasteiger partial charge in [0.1, 0.15) is 0 Å². The van der Waals surface area contributed by atoms with Crippen molar-refractivity contribution in [1.82, 2.24) is 8.80 Å². The maximum absolute atomic E-state index is 2.58. The molecule has 7 aromatic carbocycles. The Hall–Kier alpha value is -5.86. The molecule has 274 valence electrons. The van der Waals surface area contributed by atoms with E-state index in [1.165, 1.54) is 121 Å². The average molecular weight is 725 g/mol. The highest BCUT2D eigenvalue weighted by Crippen LogP contribution is 2.52. The third kappa shape index (κ3) is 4.50. The van der Waals surface area contributed by atoms with Crippen molar-refractivity contribution < 1.29 is 0 Å². The SMILES string of the molecule is CC(C)c1cc(-c2ccc3c(c2)c2c4c5ccccc5n5c6ccc(-c7cc(C(C)C)cc(C(C)C)c7)cc6c(c6c7ccccc7n3c62)c45)cc(C(C)C)c1. The lowest BCUT2D eigenvalue weighted by molar-refractivity contribution is 0.834. The molecular weight excluding hydrogens is 677 g/mol. The first-order valence-electron chi connectivity index (χ1n) is 20.7. The summed E-state index contributed by atoms with van der Waals surface area (Å²) in [5.41, 5.74) is 18.6. The molecule has 11 aromatic rings. The van der Waals surface area contributed by atoms with E-state index in [1.54, 1.807) is 0 Å². The number of fused-ring (bicyclic) bond motifs is 14. The minimum Gasteiger partial charge on any atom is -0.308 e. The van der Waals surface area contributed by atoms with Crippen LogP contribution in [0.2, 0.25) is 0 Å². The minimum absolute atomic E-state index is 0.465. The highest BCUT2D eigenvalue weighted by Gasteiger charge is 2.29. The van der Waals surface area contributed by atoms with Crippen molar-refractivity contribution in [1.29, 1.82) is 0 Å². The van der Waals surface area contributed by atoms with E-state index in [-0.39, 0.29) is 0 Å². The Morgan fingerprint density at radius 3 is 0.982 bits per heavy atom. The van der Waals surface area contributed by atoms with Gasteiger partial charge in [-0.15, -0.1) is 0 Å². The van der Waals surface area contributed by atoms with Crippen molar-refractivity contribution in [2.24, 2.45) is 0 Å². The lowest BCUT2D eigenvalue weighted by Crippen LogP contribution is -1.95. The van der Waals surface area contributed by atoms with E-state index in [4.69, 9.17) is 0 Å². The molecule has 56 heavy (non-hydrogen) atoms. The average Bonchev–Trinajstić information content (AvgIpc) is 3.93. The molecule has 2 heteroatoms. The quantitative estimate of drug-likeness (QED) is 0.161. The number of para-hydroxylation sites is 2. The summed E-state index contributed by atoms with van der Waals surface area (Å²) in [6.45, 7) is 18.5. The van der Waals surface area contributed by atoms with Crippen LogP contribution in [0.4, 0.5) is 0 Å². The normalized spacial score (nSPS) is 12.9. The van der Waals surface area contributed by atoms with Crippen LogP contribution in [-0.4, -0.2) is 8.80 Å². The van der Waals surface area contributed by atoms with E-state index in [9.17, 15) is 0 Å². The van der Waals surface area contributed by atoms with Crippen LogP contribution >= 0.6 is 0 Å². The second kappa shape index (κ2) is 11.8. The number of rotatable bonds is 6. The molecule has 4 aromatic heterocycles. The van der Waals surface area contributed by atoms with E-state index in [2.05, 4.69) is 186 Å². The molecule has 0 bridgehead atoms. The zero-order chi connectivity index (χ0) is 38.3. The fourth-order valence-corrected chi connectivity index (χ4v) is 9.96. The maximum atomic E-state index is 2.58. The Balaban J connectivity index is 1.31. The van der Waals surface area contributed by atoms with Crippen LogP contribution in [0, 0.1) is 0 Å². The number of nitrogens with zero attached hydrogens (tertiary/aromatic N) is 2. The van der Waals surface area contributed by atoms with Gasteiger partial charge >= 0.3 is 0 Å². The van der Waals surface area contributed by atoms with E-state index in [0.717, 1.165) is 0 Å². The van der Waals surface area contributed by atoms with Gasteiger partial charge in [0.2, 0.25) is 0 Å². The van der Waals surface area contributed by atoms with E-state index >= 15 is 0 Å². The Labute approximate surface area is 328 Å². The summed E-state index contributed by atoms with van der Waals surface area (Å²) < 4.78 is 5.16. The van der Waals surface area contributed by atoms with E-state index < -0.39 is 0 Å². The van der Waals surface area contributed by atoms with Gasteiger partial charge in [-0.25, -0.2) is 0 Å². The maximum Gasteiger partial charge on any atom is 0.0634 e. The molecule has 0 saturated carbocycles. The third-order valence-corrected chi connectivity index (χ3v) is 13.0. The van der Waals surface area contributed by atoms with E-state index in [0.29, 0.717) is 23.7 Å². The van der Waals surface area contributed by atoms with Gasteiger partial charge in [-0.05, 0) is 105 Å². The smallest absolute Gasteiger partial charge is 0.0634 e. The summed E-state index contributed by atoms with van der Waals surface area (Å²) >= 11 is 0. The molecule has 0 spiro atoms. The highest BCUT2D eigenvalue weighted by molar-refractivity contribution is 6.45. The first kappa shape index (κ1) is 33.5. The van der Waals surface area contributed by atoms with Crippen molar-refractivity contribution >= 4 is 76.2 Å². The van der Waals surface area contributed by atoms with Crippen LogP contribution in [-0.2, 0) is 0 Å². The van der Waals surface area contributed by atoms with Gasteiger partial charge < -0.3 is 8.80 Å². The van der Waals surface area contributed by atoms with Gasteiger partial charge in [-0.1, -0.05) is 140 Å². The molecule has 0 fully saturated rings. The topological polar surface area (TPSA) is 8.82 Å². The predicted molar refractivity (Wildman–Crippen MR) is 243 cm³/mol. The summed E-state index contributed by atoms with van der Waals surface area (Å²) in [5.74, 6) is 1.86. The van der Waals surface area contributed by atoms with Gasteiger partial charge in [-0.3, -0.25) is 0 Å². The molecule has 0 radical (unpaired) electrons. The molecule has 4 heterocycles. The van der Waals surface area contributed by atoms with Gasteiger partial charge in [0.05, 0.1) is 33.1 Å². The molecule has 2 nitrogen and oxygen atoms in total. The van der Waals surface area contributed by atoms with Crippen molar-refractivity contribution in [3.8, 4) is 22.3 Å². The van der Waals surface area contributed by atoms with Gasteiger partial charge in [-0.2, -0.15) is 0 Å². The zero-order valence-electron chi connectivity index (χ0n) is 33.8. The van der Waals surface area contributed by atoms with Crippen LogP contribution in [0.15, 0.2) is 121 Å². The van der Waals surface area contributed by atoms with Crippen LogP contribution in [0.1, 0.15) is 101 Å². The number of aromatic nitrogens is 2. The van der Waals surface area contributed by atoms with Gasteiger partial charge in [0, 0.05) is 43.1 Å². The van der Waals surface area contributed by atoms with Gasteiger partial charge in [0.15, 0.2) is 0 Å². The molecule has 0 saturated heterocycles. The zero-order valence-corrected chi connectivity index (χ0v) is 33.8. The molecule has 0 aliphatic heterocycles. The number of hydrogen-bond acceptors (Lipinski definition) is 0. The Bertz CT molecular complexity index is 3080. The first-order chi connectivity index (χ1) is 27.1. The van der Waals surface area contributed by atoms with E-state index in [1.807, 2.05) is 0 Å².